The largest absolute Gasteiger partial charge is 0.317 e. The first-order valence-electron chi connectivity index (χ1n) is 7.36. The van der Waals surface area contributed by atoms with Crippen molar-refractivity contribution in [2.75, 3.05) is 26.7 Å². The maximum absolute atomic E-state index is 6.17. The number of hydrogen-bond acceptors (Lipinski definition) is 2. The van der Waals surface area contributed by atoms with Crippen LogP contribution in [-0.4, -0.2) is 31.6 Å². The molecule has 0 aromatic heterocycles. The van der Waals surface area contributed by atoms with Crippen LogP contribution in [0.2, 0.25) is 5.02 Å². The zero-order valence-electron chi connectivity index (χ0n) is 12.3. The van der Waals surface area contributed by atoms with Crippen molar-refractivity contribution in [2.24, 2.45) is 0 Å². The molecule has 0 saturated carbocycles. The smallest absolute Gasteiger partial charge is 0.0451 e. The van der Waals surface area contributed by atoms with E-state index in [1.807, 2.05) is 12.1 Å². The molecule has 0 aliphatic rings. The van der Waals surface area contributed by atoms with Gasteiger partial charge in [-0.15, -0.1) is 0 Å². The Morgan fingerprint density at radius 3 is 2.58 bits per heavy atom. The van der Waals surface area contributed by atoms with Crippen LogP contribution in [0.25, 0.3) is 0 Å². The van der Waals surface area contributed by atoms with E-state index in [1.165, 1.54) is 31.2 Å². The lowest BCUT2D eigenvalue weighted by molar-refractivity contribution is 0.316. The molecule has 19 heavy (non-hydrogen) atoms. The van der Waals surface area contributed by atoms with Gasteiger partial charge in [-0.3, -0.25) is 0 Å². The Balaban J connectivity index is 2.08. The first kappa shape index (κ1) is 16.5. The van der Waals surface area contributed by atoms with Gasteiger partial charge in [-0.1, -0.05) is 49.6 Å². The van der Waals surface area contributed by atoms with Gasteiger partial charge in [-0.05, 0) is 51.2 Å². The molecule has 108 valence electrons. The van der Waals surface area contributed by atoms with Crippen molar-refractivity contribution >= 4 is 11.6 Å². The molecule has 3 heteroatoms. The second-order valence-corrected chi connectivity index (χ2v) is 5.50. The van der Waals surface area contributed by atoms with Gasteiger partial charge in [0.25, 0.3) is 0 Å². The van der Waals surface area contributed by atoms with E-state index in [9.17, 15) is 0 Å². The summed E-state index contributed by atoms with van der Waals surface area (Å²) >= 11 is 6.17. The van der Waals surface area contributed by atoms with Crippen LogP contribution < -0.4 is 5.32 Å². The van der Waals surface area contributed by atoms with Crippen molar-refractivity contribution in [1.29, 1.82) is 0 Å². The van der Waals surface area contributed by atoms with Gasteiger partial charge in [0.15, 0.2) is 0 Å². The van der Waals surface area contributed by atoms with E-state index < -0.39 is 0 Å². The minimum absolute atomic E-state index is 0.875. The van der Waals surface area contributed by atoms with Crippen molar-refractivity contribution < 1.29 is 0 Å². The Morgan fingerprint density at radius 1 is 1.11 bits per heavy atom. The van der Waals surface area contributed by atoms with Crippen LogP contribution in [-0.2, 0) is 6.54 Å². The highest BCUT2D eigenvalue weighted by molar-refractivity contribution is 6.31. The number of nitrogens with one attached hydrogen (secondary N) is 1. The molecule has 0 spiro atoms. The van der Waals surface area contributed by atoms with Gasteiger partial charge in [-0.2, -0.15) is 0 Å². The molecular formula is C16H27ClN2. The molecule has 0 fully saturated rings. The van der Waals surface area contributed by atoms with Gasteiger partial charge in [0.2, 0.25) is 0 Å². The van der Waals surface area contributed by atoms with Crippen LogP contribution in [0.5, 0.6) is 0 Å². The zero-order valence-corrected chi connectivity index (χ0v) is 13.0. The third-order valence-electron chi connectivity index (χ3n) is 3.29. The van der Waals surface area contributed by atoms with E-state index in [0.29, 0.717) is 0 Å². The summed E-state index contributed by atoms with van der Waals surface area (Å²) in [5, 5.41) is 4.24. The molecule has 1 aromatic rings. The molecule has 0 radical (unpaired) electrons. The Morgan fingerprint density at radius 2 is 1.84 bits per heavy atom. The van der Waals surface area contributed by atoms with Gasteiger partial charge in [0, 0.05) is 11.6 Å². The Labute approximate surface area is 123 Å². The first-order valence-corrected chi connectivity index (χ1v) is 7.74. The average molecular weight is 283 g/mol. The Hall–Kier alpha value is -0.570. The predicted molar refractivity (Wildman–Crippen MR) is 84.8 cm³/mol. The lowest BCUT2D eigenvalue weighted by atomic mass is 10.1. The summed E-state index contributed by atoms with van der Waals surface area (Å²) in [6.07, 6.45) is 5.21. The predicted octanol–water partition coefficient (Wildman–Crippen LogP) is 3.94. The third kappa shape index (κ3) is 7.56. The maximum Gasteiger partial charge on any atom is 0.0451 e. The number of unbranched alkanes of at least 4 members (excludes halogenated alkanes) is 3. The van der Waals surface area contributed by atoms with E-state index in [1.54, 1.807) is 0 Å². The number of hydrogen-bond donors (Lipinski definition) is 1. The molecule has 0 heterocycles. The fourth-order valence-electron chi connectivity index (χ4n) is 2.16. The summed E-state index contributed by atoms with van der Waals surface area (Å²) in [4.78, 5) is 2.35. The summed E-state index contributed by atoms with van der Waals surface area (Å²) in [5.74, 6) is 0. The molecule has 1 aromatic carbocycles. The van der Waals surface area contributed by atoms with E-state index in [0.717, 1.165) is 31.2 Å². The zero-order chi connectivity index (χ0) is 13.9. The monoisotopic (exact) mass is 282 g/mol. The number of rotatable bonds is 10. The standard InChI is InChI=1S/C16H27ClN2/c1-3-18-12-8-4-5-9-13-19(2)14-15-10-6-7-11-16(15)17/h6-7,10-11,18H,3-5,8-9,12-14H2,1-2H3. The Kier molecular flexibility index (Phi) is 8.89. The van der Waals surface area contributed by atoms with Crippen LogP contribution in [0, 0.1) is 0 Å². The first-order chi connectivity index (χ1) is 9.24. The van der Waals surface area contributed by atoms with Crippen LogP contribution >= 0.6 is 11.6 Å². The lowest BCUT2D eigenvalue weighted by Gasteiger charge is -2.17. The average Bonchev–Trinajstić information content (AvgIpc) is 2.40. The van der Waals surface area contributed by atoms with Gasteiger partial charge in [0.1, 0.15) is 0 Å². The minimum Gasteiger partial charge on any atom is -0.317 e. The molecule has 0 amide bonds. The second kappa shape index (κ2) is 10.2. The second-order valence-electron chi connectivity index (χ2n) is 5.10. The van der Waals surface area contributed by atoms with E-state index in [2.05, 4.69) is 36.3 Å². The van der Waals surface area contributed by atoms with Crippen molar-refractivity contribution in [3.63, 3.8) is 0 Å². The highest BCUT2D eigenvalue weighted by Crippen LogP contribution is 2.16. The normalized spacial score (nSPS) is 11.2. The molecular weight excluding hydrogens is 256 g/mol. The number of halogens is 1. The van der Waals surface area contributed by atoms with E-state index in [-0.39, 0.29) is 0 Å². The number of nitrogens with zero attached hydrogens (tertiary/aromatic N) is 1. The molecule has 2 nitrogen and oxygen atoms in total. The van der Waals surface area contributed by atoms with E-state index in [4.69, 9.17) is 11.6 Å². The fraction of sp³-hybridized carbons (Fsp3) is 0.625. The molecule has 0 saturated heterocycles. The summed E-state index contributed by atoms with van der Waals surface area (Å²) < 4.78 is 0. The minimum atomic E-state index is 0.875. The molecule has 0 aliphatic heterocycles. The highest BCUT2D eigenvalue weighted by atomic mass is 35.5. The molecule has 0 aliphatic carbocycles. The summed E-state index contributed by atoms with van der Waals surface area (Å²) in [5.41, 5.74) is 1.22. The van der Waals surface area contributed by atoms with Gasteiger partial charge in [-0.25, -0.2) is 0 Å². The third-order valence-corrected chi connectivity index (χ3v) is 3.66. The van der Waals surface area contributed by atoms with Crippen molar-refractivity contribution in [3.8, 4) is 0 Å². The Bertz CT molecular complexity index is 341. The van der Waals surface area contributed by atoms with Gasteiger partial charge < -0.3 is 10.2 Å². The number of benzene rings is 1. The summed E-state index contributed by atoms with van der Waals surface area (Å²) in [7, 11) is 2.17. The summed E-state index contributed by atoms with van der Waals surface area (Å²) in [6.45, 7) is 6.49. The van der Waals surface area contributed by atoms with Crippen molar-refractivity contribution in [1.82, 2.24) is 10.2 Å². The van der Waals surface area contributed by atoms with Crippen LogP contribution in [0.15, 0.2) is 24.3 Å². The SMILES string of the molecule is CCNCCCCCCN(C)Cc1ccccc1Cl. The van der Waals surface area contributed by atoms with Crippen molar-refractivity contribution in [2.45, 2.75) is 39.2 Å². The molecule has 1 rings (SSSR count). The molecule has 0 atom stereocenters. The van der Waals surface area contributed by atoms with Crippen LogP contribution in [0.4, 0.5) is 0 Å². The lowest BCUT2D eigenvalue weighted by Crippen LogP contribution is -2.19. The van der Waals surface area contributed by atoms with Gasteiger partial charge >= 0.3 is 0 Å². The molecule has 1 N–H and O–H groups in total. The van der Waals surface area contributed by atoms with Gasteiger partial charge in [0.05, 0.1) is 0 Å². The van der Waals surface area contributed by atoms with Crippen LogP contribution in [0.1, 0.15) is 38.2 Å². The maximum atomic E-state index is 6.17. The quantitative estimate of drug-likeness (QED) is 0.654. The highest BCUT2D eigenvalue weighted by Gasteiger charge is 2.03. The molecule has 0 unspecified atom stereocenters. The summed E-state index contributed by atoms with van der Waals surface area (Å²) in [6, 6.07) is 8.10. The van der Waals surface area contributed by atoms with E-state index >= 15 is 0 Å². The molecule has 0 bridgehead atoms. The fourth-order valence-corrected chi connectivity index (χ4v) is 2.35. The van der Waals surface area contributed by atoms with Crippen molar-refractivity contribution in [3.05, 3.63) is 34.9 Å². The topological polar surface area (TPSA) is 15.3 Å². The van der Waals surface area contributed by atoms with Crippen LogP contribution in [0.3, 0.4) is 0 Å².